The van der Waals surface area contributed by atoms with Gasteiger partial charge in [-0.25, -0.2) is 10.3 Å². The fourth-order valence-corrected chi connectivity index (χ4v) is 2.44. The number of fused-ring (bicyclic) bond motifs is 2. The summed E-state index contributed by atoms with van der Waals surface area (Å²) in [5.41, 5.74) is 2.06. The molecule has 0 aromatic carbocycles. The molecule has 3 amide bonds. The van der Waals surface area contributed by atoms with Crippen LogP contribution in [0, 0.1) is 0 Å². The van der Waals surface area contributed by atoms with Gasteiger partial charge in [0.1, 0.15) is 0 Å². The number of nitrogens with zero attached hydrogens (tertiary/aromatic N) is 2. The van der Waals surface area contributed by atoms with Crippen LogP contribution in [0.3, 0.4) is 0 Å². The lowest BCUT2D eigenvalue weighted by atomic mass is 10.1. The summed E-state index contributed by atoms with van der Waals surface area (Å²) in [6.45, 7) is 2.31. The Balaban J connectivity index is 0.000000261. The minimum Gasteiger partial charge on any atom is -0.321 e. The number of nitrogens with one attached hydrogen (secondary N) is 2. The Kier molecular flexibility index (Phi) is 7.47. The molecule has 2 aliphatic rings. The van der Waals surface area contributed by atoms with Gasteiger partial charge in [0, 0.05) is 19.6 Å². The average Bonchev–Trinajstić information content (AvgIpc) is 2.67. The number of hydrogen-bond donors (Lipinski definition) is 3. The van der Waals surface area contributed by atoms with Crippen molar-refractivity contribution >= 4 is 22.8 Å². The molecule has 0 spiro atoms. The zero-order valence-electron chi connectivity index (χ0n) is 12.1. The second-order valence-electron chi connectivity index (χ2n) is 4.54. The van der Waals surface area contributed by atoms with Crippen molar-refractivity contribution in [2.75, 3.05) is 33.3 Å². The van der Waals surface area contributed by atoms with E-state index in [9.17, 15) is 18.0 Å². The van der Waals surface area contributed by atoms with Crippen molar-refractivity contribution < 1.29 is 31.7 Å². The molecule has 12 heteroatoms. The summed E-state index contributed by atoms with van der Waals surface area (Å²) in [5.74, 6) is 0. The van der Waals surface area contributed by atoms with Crippen molar-refractivity contribution in [2.24, 2.45) is 0 Å². The van der Waals surface area contributed by atoms with Gasteiger partial charge in [0.2, 0.25) is 6.41 Å². The molecule has 22 heavy (non-hydrogen) atoms. The Hall–Kier alpha value is -1.47. The first-order valence-electron chi connectivity index (χ1n) is 6.59. The highest BCUT2D eigenvalue weighted by Gasteiger charge is 2.42. The van der Waals surface area contributed by atoms with Crippen LogP contribution in [0.5, 0.6) is 0 Å². The summed E-state index contributed by atoms with van der Waals surface area (Å²) in [5, 5.41) is 3.58. The molecule has 1 unspecified atom stereocenters. The summed E-state index contributed by atoms with van der Waals surface area (Å²) in [4.78, 5) is 27.0. The fraction of sp³-hybridized carbons (Fsp3) is 0.800. The zero-order chi connectivity index (χ0) is 16.6. The highest BCUT2D eigenvalue weighted by Crippen LogP contribution is 2.25. The molecule has 11 nitrogen and oxygen atoms in total. The molecule has 2 heterocycles. The third-order valence-electron chi connectivity index (χ3n) is 2.95. The summed E-state index contributed by atoms with van der Waals surface area (Å²) in [7, 11) is -2.79. The van der Waals surface area contributed by atoms with Crippen molar-refractivity contribution in [3.8, 4) is 0 Å². The minimum atomic E-state index is -4.60. The molecular formula is C10H20N4O7S. The van der Waals surface area contributed by atoms with E-state index >= 15 is 0 Å². The van der Waals surface area contributed by atoms with Crippen molar-refractivity contribution in [3.63, 3.8) is 0 Å². The summed E-state index contributed by atoms with van der Waals surface area (Å²) in [6, 6.07) is -0.761. The van der Waals surface area contributed by atoms with Crippen molar-refractivity contribution in [3.05, 3.63) is 0 Å². The number of carbonyl (C=O) groups excluding carboxylic acids is 2. The summed E-state index contributed by atoms with van der Waals surface area (Å²) in [6.07, 6.45) is 2.01. The third kappa shape index (κ3) is 6.11. The predicted molar refractivity (Wildman–Crippen MR) is 73.5 cm³/mol. The molecule has 2 rings (SSSR count). The quantitative estimate of drug-likeness (QED) is 0.220. The molecule has 0 aliphatic carbocycles. The zero-order valence-corrected chi connectivity index (χ0v) is 12.9. The highest BCUT2D eigenvalue weighted by molar-refractivity contribution is 7.80. The molecule has 3 N–H and O–H groups in total. The van der Waals surface area contributed by atoms with Crippen molar-refractivity contribution in [2.45, 2.75) is 18.9 Å². The van der Waals surface area contributed by atoms with Gasteiger partial charge in [-0.15, -0.1) is 4.28 Å². The van der Waals surface area contributed by atoms with E-state index in [0.717, 1.165) is 18.0 Å². The Morgan fingerprint density at radius 1 is 1.50 bits per heavy atom. The number of hydrogen-bond acceptors (Lipinski definition) is 7. The Labute approximate surface area is 128 Å². The van der Waals surface area contributed by atoms with Gasteiger partial charge in [0.15, 0.2) is 0 Å². The lowest BCUT2D eigenvalue weighted by Crippen LogP contribution is -2.35. The number of hydroxylamine groups is 3. The summed E-state index contributed by atoms with van der Waals surface area (Å²) < 4.78 is 33.5. The standard InChI is InChI=1S/C6H10N2O5S.C4H10N2O2/c9-6-7-3-1-2-5(4-7)8(6)13-14(10,11)12;1-5-2-3-8-6-4-7/h5H,1-4H2,(H,10,11,12);4-5H,2-3H2,1H3,(H,6,7). The SMILES string of the molecule is CNCCONC=O.O=C1N2CCCC(C2)N1OS(=O)(=O)O. The van der Waals surface area contributed by atoms with E-state index in [1.165, 1.54) is 4.90 Å². The van der Waals surface area contributed by atoms with Gasteiger partial charge in [0.05, 0.1) is 12.6 Å². The van der Waals surface area contributed by atoms with Gasteiger partial charge >= 0.3 is 16.4 Å². The normalized spacial score (nSPS) is 20.5. The first-order valence-corrected chi connectivity index (χ1v) is 7.96. The molecule has 2 bridgehead atoms. The van der Waals surface area contributed by atoms with Crippen LogP contribution in [-0.2, 0) is 24.3 Å². The number of piperidine rings is 1. The van der Waals surface area contributed by atoms with Crippen LogP contribution in [0.1, 0.15) is 12.8 Å². The van der Waals surface area contributed by atoms with E-state index in [0.29, 0.717) is 32.5 Å². The molecule has 1 atom stereocenters. The van der Waals surface area contributed by atoms with Crippen LogP contribution in [0.2, 0.25) is 0 Å². The van der Waals surface area contributed by atoms with E-state index in [2.05, 4.69) is 19.9 Å². The van der Waals surface area contributed by atoms with Crippen LogP contribution in [0.25, 0.3) is 0 Å². The Morgan fingerprint density at radius 2 is 2.23 bits per heavy atom. The topological polar surface area (TPSA) is 138 Å². The number of amides is 3. The maximum absolute atomic E-state index is 11.4. The number of urea groups is 1. The maximum atomic E-state index is 11.4. The molecule has 2 saturated heterocycles. The number of likely N-dealkylation sites (N-methyl/N-ethyl adjacent to an activating group) is 1. The molecule has 0 saturated carbocycles. The monoisotopic (exact) mass is 340 g/mol. The lowest BCUT2D eigenvalue weighted by Gasteiger charge is -2.20. The molecule has 0 aromatic rings. The van der Waals surface area contributed by atoms with E-state index in [1.54, 1.807) is 0 Å². The van der Waals surface area contributed by atoms with Gasteiger partial charge < -0.3 is 10.2 Å². The van der Waals surface area contributed by atoms with Gasteiger partial charge in [0.25, 0.3) is 0 Å². The van der Waals surface area contributed by atoms with Crippen LogP contribution in [0.15, 0.2) is 0 Å². The van der Waals surface area contributed by atoms with Crippen LogP contribution in [-0.4, -0.2) is 74.7 Å². The Bertz CT molecular complexity index is 472. The van der Waals surface area contributed by atoms with Gasteiger partial charge in [-0.05, 0) is 19.9 Å². The Morgan fingerprint density at radius 3 is 2.77 bits per heavy atom. The highest BCUT2D eigenvalue weighted by atomic mass is 32.3. The van der Waals surface area contributed by atoms with Gasteiger partial charge in [-0.1, -0.05) is 0 Å². The number of carbonyl (C=O) groups is 2. The van der Waals surface area contributed by atoms with Crippen molar-refractivity contribution in [1.29, 1.82) is 0 Å². The molecule has 128 valence electrons. The molecule has 2 fully saturated rings. The molecular weight excluding hydrogens is 320 g/mol. The third-order valence-corrected chi connectivity index (χ3v) is 3.30. The molecule has 0 aromatic heterocycles. The lowest BCUT2D eigenvalue weighted by molar-refractivity contribution is -0.120. The van der Waals surface area contributed by atoms with Crippen LogP contribution < -0.4 is 10.8 Å². The summed E-state index contributed by atoms with van der Waals surface area (Å²) >= 11 is 0. The van der Waals surface area contributed by atoms with Gasteiger partial charge in [-0.2, -0.15) is 13.5 Å². The first kappa shape index (κ1) is 18.6. The predicted octanol–water partition coefficient (Wildman–Crippen LogP) is -1.50. The molecule has 0 radical (unpaired) electrons. The van der Waals surface area contributed by atoms with E-state index in [4.69, 9.17) is 4.55 Å². The first-order chi connectivity index (χ1) is 10.4. The largest absolute Gasteiger partial charge is 0.418 e. The second-order valence-corrected chi connectivity index (χ2v) is 5.54. The van der Waals surface area contributed by atoms with Gasteiger partial charge in [-0.3, -0.25) is 14.2 Å². The average molecular weight is 340 g/mol. The van der Waals surface area contributed by atoms with E-state index < -0.39 is 16.4 Å². The van der Waals surface area contributed by atoms with Crippen LogP contribution >= 0.6 is 0 Å². The van der Waals surface area contributed by atoms with E-state index in [-0.39, 0.29) is 6.04 Å². The minimum absolute atomic E-state index is 0.266. The van der Waals surface area contributed by atoms with E-state index in [1.807, 2.05) is 7.05 Å². The molecule has 2 aliphatic heterocycles. The van der Waals surface area contributed by atoms with Crippen molar-refractivity contribution in [1.82, 2.24) is 20.8 Å². The maximum Gasteiger partial charge on any atom is 0.418 e. The fourth-order valence-electron chi connectivity index (χ4n) is 2.06. The number of rotatable bonds is 7. The smallest absolute Gasteiger partial charge is 0.321 e. The second kappa shape index (κ2) is 8.85. The van der Waals surface area contributed by atoms with Crippen LogP contribution in [0.4, 0.5) is 4.79 Å².